The van der Waals surface area contributed by atoms with Gasteiger partial charge in [0.05, 0.1) is 12.2 Å². The second kappa shape index (κ2) is 9.51. The lowest BCUT2D eigenvalue weighted by molar-refractivity contribution is 0.335. The highest BCUT2D eigenvalue weighted by atomic mass is 19.2. The number of ether oxygens (including phenoxy) is 1. The van der Waals surface area contributed by atoms with Crippen LogP contribution in [0.1, 0.15) is 29.2 Å². The molecule has 0 saturated heterocycles. The Morgan fingerprint density at radius 2 is 1.21 bits per heavy atom. The first-order chi connectivity index (χ1) is 15.9. The van der Waals surface area contributed by atoms with Crippen molar-refractivity contribution in [3.05, 3.63) is 112 Å². The van der Waals surface area contributed by atoms with Gasteiger partial charge in [0.2, 0.25) is 0 Å². The van der Waals surface area contributed by atoms with Crippen LogP contribution in [-0.2, 0) is 0 Å². The van der Waals surface area contributed by atoms with Crippen LogP contribution in [0, 0.1) is 47.0 Å². The Morgan fingerprint density at radius 3 is 1.85 bits per heavy atom. The van der Waals surface area contributed by atoms with Crippen LogP contribution in [0.3, 0.4) is 0 Å². The van der Waals surface area contributed by atoms with Crippen LogP contribution in [0.5, 0.6) is 5.75 Å². The van der Waals surface area contributed by atoms with E-state index in [1.54, 1.807) is 43.3 Å². The van der Waals surface area contributed by atoms with Gasteiger partial charge in [0.25, 0.3) is 0 Å². The van der Waals surface area contributed by atoms with Crippen LogP contribution in [-0.4, -0.2) is 6.61 Å². The van der Waals surface area contributed by atoms with Crippen molar-refractivity contribution in [2.75, 3.05) is 6.61 Å². The molecular formula is C28H16F4O. The summed E-state index contributed by atoms with van der Waals surface area (Å²) in [6.45, 7) is 2.03. The van der Waals surface area contributed by atoms with Crippen molar-refractivity contribution in [1.29, 1.82) is 0 Å². The molecule has 1 nitrogen and oxygen atoms in total. The van der Waals surface area contributed by atoms with Crippen molar-refractivity contribution in [2.24, 2.45) is 0 Å². The summed E-state index contributed by atoms with van der Waals surface area (Å²) in [5, 5.41) is 0.754. The second-order valence-electron chi connectivity index (χ2n) is 7.07. The molecule has 0 N–H and O–H groups in total. The second-order valence-corrected chi connectivity index (χ2v) is 7.07. The summed E-state index contributed by atoms with van der Waals surface area (Å²) in [5.41, 5.74) is 1.59. The van der Waals surface area contributed by atoms with E-state index in [1.807, 2.05) is 0 Å². The Kier molecular flexibility index (Phi) is 6.33. The maximum Gasteiger partial charge on any atom is 0.166 e. The van der Waals surface area contributed by atoms with E-state index in [0.717, 1.165) is 18.2 Å². The van der Waals surface area contributed by atoms with Crippen LogP contribution >= 0.6 is 0 Å². The molecule has 0 fully saturated rings. The molecule has 0 spiro atoms. The largest absolute Gasteiger partial charge is 0.494 e. The van der Waals surface area contributed by atoms with E-state index in [4.69, 9.17) is 4.74 Å². The molecule has 0 unspecified atom stereocenters. The molecule has 0 aliphatic carbocycles. The zero-order valence-electron chi connectivity index (χ0n) is 17.5. The molecule has 162 valence electrons. The van der Waals surface area contributed by atoms with Crippen molar-refractivity contribution in [3.63, 3.8) is 0 Å². The van der Waals surface area contributed by atoms with Crippen molar-refractivity contribution < 1.29 is 22.3 Å². The third-order valence-corrected chi connectivity index (χ3v) is 4.80. The molecule has 0 saturated carbocycles. The van der Waals surface area contributed by atoms with E-state index in [9.17, 15) is 17.6 Å². The van der Waals surface area contributed by atoms with Gasteiger partial charge in [0.1, 0.15) is 17.4 Å². The first-order valence-corrected chi connectivity index (χ1v) is 10.1. The van der Waals surface area contributed by atoms with Crippen LogP contribution in [0.4, 0.5) is 17.6 Å². The van der Waals surface area contributed by atoms with Gasteiger partial charge >= 0.3 is 0 Å². The van der Waals surface area contributed by atoms with Gasteiger partial charge in [-0.15, -0.1) is 0 Å². The zero-order chi connectivity index (χ0) is 23.4. The molecule has 5 heteroatoms. The van der Waals surface area contributed by atoms with Gasteiger partial charge in [-0.05, 0) is 54.8 Å². The number of halogens is 4. The van der Waals surface area contributed by atoms with E-state index in [-0.39, 0.29) is 16.7 Å². The molecule has 0 aliphatic heterocycles. The smallest absolute Gasteiger partial charge is 0.166 e. The lowest BCUT2D eigenvalue weighted by atomic mass is 10.1. The van der Waals surface area contributed by atoms with Crippen molar-refractivity contribution in [2.45, 2.75) is 6.92 Å². The zero-order valence-corrected chi connectivity index (χ0v) is 17.5. The van der Waals surface area contributed by atoms with Crippen molar-refractivity contribution in [3.8, 4) is 29.4 Å². The van der Waals surface area contributed by atoms with Crippen LogP contribution < -0.4 is 4.74 Å². The molecule has 4 aromatic carbocycles. The molecule has 4 rings (SSSR count). The van der Waals surface area contributed by atoms with E-state index < -0.39 is 23.3 Å². The lowest BCUT2D eigenvalue weighted by Crippen LogP contribution is -1.96. The summed E-state index contributed by atoms with van der Waals surface area (Å²) >= 11 is 0. The fourth-order valence-corrected chi connectivity index (χ4v) is 3.18. The number of hydrogen-bond donors (Lipinski definition) is 0. The Hall–Kier alpha value is -4.22. The van der Waals surface area contributed by atoms with Crippen LogP contribution in [0.15, 0.2) is 66.7 Å². The SMILES string of the molecule is CCOc1cc(F)c(C#Cc2ccc(C#Cc3ccc4c(F)c(F)ccc4c3)cc2)c(F)c1. The van der Waals surface area contributed by atoms with Gasteiger partial charge in [0, 0.05) is 34.2 Å². The normalized spacial score (nSPS) is 10.2. The summed E-state index contributed by atoms with van der Waals surface area (Å²) < 4.78 is 60.5. The molecule has 4 aromatic rings. The maximum atomic E-state index is 14.1. The maximum absolute atomic E-state index is 14.1. The van der Waals surface area contributed by atoms with E-state index in [0.29, 0.717) is 28.7 Å². The number of benzene rings is 4. The average Bonchev–Trinajstić information content (AvgIpc) is 2.80. The highest BCUT2D eigenvalue weighted by molar-refractivity contribution is 5.84. The van der Waals surface area contributed by atoms with E-state index >= 15 is 0 Å². The van der Waals surface area contributed by atoms with Gasteiger partial charge < -0.3 is 4.74 Å². The topological polar surface area (TPSA) is 9.23 Å². The van der Waals surface area contributed by atoms with Crippen molar-refractivity contribution in [1.82, 2.24) is 0 Å². The number of fused-ring (bicyclic) bond motifs is 1. The van der Waals surface area contributed by atoms with Crippen LogP contribution in [0.2, 0.25) is 0 Å². The van der Waals surface area contributed by atoms with Gasteiger partial charge in [-0.2, -0.15) is 0 Å². The Bertz CT molecular complexity index is 1440. The summed E-state index contributed by atoms with van der Waals surface area (Å²) in [6, 6.07) is 16.5. The summed E-state index contributed by atoms with van der Waals surface area (Å²) in [4.78, 5) is 0. The standard InChI is InChI=1S/C28H16F4O/c1-2-33-22-16-26(30)24(27(31)17-22)13-9-19-5-3-18(4-6-19)7-8-20-10-12-23-21(15-20)11-14-25(29)28(23)32/h3-6,10-12,14-17H,2H2,1H3. The quantitative estimate of drug-likeness (QED) is 0.250. The first-order valence-electron chi connectivity index (χ1n) is 10.1. The highest BCUT2D eigenvalue weighted by Crippen LogP contribution is 2.22. The molecule has 0 atom stereocenters. The minimum absolute atomic E-state index is 0.115. The third-order valence-electron chi connectivity index (χ3n) is 4.80. The predicted molar refractivity (Wildman–Crippen MR) is 120 cm³/mol. The molecule has 0 aromatic heterocycles. The highest BCUT2D eigenvalue weighted by Gasteiger charge is 2.10. The minimum atomic E-state index is -0.891. The van der Waals surface area contributed by atoms with E-state index in [1.165, 1.54) is 12.1 Å². The number of rotatable bonds is 2. The van der Waals surface area contributed by atoms with Gasteiger partial charge in [-0.25, -0.2) is 17.6 Å². The molecule has 0 radical (unpaired) electrons. The van der Waals surface area contributed by atoms with Gasteiger partial charge in [-0.1, -0.05) is 35.8 Å². The van der Waals surface area contributed by atoms with Gasteiger partial charge in [0.15, 0.2) is 11.6 Å². The summed E-state index contributed by atoms with van der Waals surface area (Å²) in [5.74, 6) is 8.00. The first kappa shape index (κ1) is 22.0. The predicted octanol–water partition coefficient (Wildman–Crippen LogP) is 6.59. The average molecular weight is 444 g/mol. The number of hydrogen-bond acceptors (Lipinski definition) is 1. The molecule has 0 amide bonds. The lowest BCUT2D eigenvalue weighted by Gasteiger charge is -2.04. The minimum Gasteiger partial charge on any atom is -0.494 e. The summed E-state index contributed by atoms with van der Waals surface area (Å²) in [7, 11) is 0. The van der Waals surface area contributed by atoms with E-state index in [2.05, 4.69) is 23.7 Å². The monoisotopic (exact) mass is 444 g/mol. The van der Waals surface area contributed by atoms with Crippen molar-refractivity contribution >= 4 is 10.8 Å². The molecule has 0 bridgehead atoms. The summed E-state index contributed by atoms with van der Waals surface area (Å²) in [6.07, 6.45) is 0. The molecule has 0 aliphatic rings. The van der Waals surface area contributed by atoms with Gasteiger partial charge in [-0.3, -0.25) is 0 Å². The Balaban J connectivity index is 1.53. The Morgan fingerprint density at radius 1 is 0.636 bits per heavy atom. The molecule has 33 heavy (non-hydrogen) atoms. The van der Waals surface area contributed by atoms with Crippen LogP contribution in [0.25, 0.3) is 10.8 Å². The Labute approximate surface area is 188 Å². The molecule has 0 heterocycles. The molecular weight excluding hydrogens is 428 g/mol. The fourth-order valence-electron chi connectivity index (χ4n) is 3.18. The third kappa shape index (κ3) is 5.00. The fraction of sp³-hybridized carbons (Fsp3) is 0.0714.